The summed E-state index contributed by atoms with van der Waals surface area (Å²) in [5.74, 6) is -1.61. The van der Waals surface area contributed by atoms with E-state index in [0.29, 0.717) is 0 Å². The molecule has 0 bridgehead atoms. The van der Waals surface area contributed by atoms with Crippen LogP contribution in [0.5, 0.6) is 0 Å². The Hall–Kier alpha value is -1.50. The summed E-state index contributed by atoms with van der Waals surface area (Å²) in [5, 5.41) is 10.7. The van der Waals surface area contributed by atoms with Crippen LogP contribution in [-0.2, 0) is 4.79 Å². The average molecular weight is 201 g/mol. The lowest BCUT2D eigenvalue weighted by molar-refractivity contribution is -0.138. The van der Waals surface area contributed by atoms with Crippen molar-refractivity contribution in [1.29, 1.82) is 0 Å². The number of amides is 1. The van der Waals surface area contributed by atoms with Gasteiger partial charge in [0.2, 0.25) is 0 Å². The number of carboxylic acid groups (broad SMARTS) is 1. The fourth-order valence-electron chi connectivity index (χ4n) is 0.597. The van der Waals surface area contributed by atoms with Gasteiger partial charge in [-0.3, -0.25) is 9.59 Å². The Morgan fingerprint density at radius 2 is 2.38 bits per heavy atom. The van der Waals surface area contributed by atoms with Crippen LogP contribution in [0.25, 0.3) is 0 Å². The molecule has 0 saturated heterocycles. The lowest BCUT2D eigenvalue weighted by atomic mass is 10.3. The van der Waals surface area contributed by atoms with E-state index in [0.717, 1.165) is 11.7 Å². The third-order valence-corrected chi connectivity index (χ3v) is 1.79. The van der Waals surface area contributed by atoms with Crippen molar-refractivity contribution in [3.8, 4) is 0 Å². The molecule has 0 fully saturated rings. The number of hydrogen-bond donors (Lipinski definition) is 2. The Morgan fingerprint density at radius 3 is 2.85 bits per heavy atom. The summed E-state index contributed by atoms with van der Waals surface area (Å²) in [6.07, 6.45) is 1.29. The monoisotopic (exact) mass is 201 g/mol. The Balaban J connectivity index is 2.56. The molecule has 1 aromatic rings. The molecule has 1 rings (SSSR count). The van der Waals surface area contributed by atoms with Crippen molar-refractivity contribution in [2.24, 2.45) is 0 Å². The van der Waals surface area contributed by atoms with Crippen LogP contribution in [-0.4, -0.2) is 31.8 Å². The molecule has 0 aliphatic heterocycles. The Bertz CT molecular complexity index is 311. The van der Waals surface area contributed by atoms with Gasteiger partial charge < -0.3 is 10.4 Å². The zero-order chi connectivity index (χ0) is 9.84. The summed E-state index contributed by atoms with van der Waals surface area (Å²) in [7, 11) is 0. The minimum absolute atomic E-state index is 0.137. The van der Waals surface area contributed by atoms with E-state index in [1.54, 1.807) is 0 Å². The molecule has 0 radical (unpaired) electrons. The van der Waals surface area contributed by atoms with Crippen LogP contribution in [0.4, 0.5) is 0 Å². The van der Waals surface area contributed by atoms with Crippen molar-refractivity contribution in [3.63, 3.8) is 0 Å². The first-order valence-electron chi connectivity index (χ1n) is 3.42. The molecular formula is C6H7N3O3S. The smallest absolute Gasteiger partial charge is 0.325 e. The van der Waals surface area contributed by atoms with Crippen molar-refractivity contribution in [1.82, 2.24) is 14.1 Å². The first kappa shape index (κ1) is 9.59. The highest BCUT2D eigenvalue weighted by molar-refractivity contribution is 6.99. The van der Waals surface area contributed by atoms with Crippen LogP contribution in [0, 0.1) is 0 Å². The summed E-state index contributed by atoms with van der Waals surface area (Å²) in [6, 6.07) is -0.922. The second-order valence-corrected chi connectivity index (χ2v) is 2.88. The van der Waals surface area contributed by atoms with E-state index in [4.69, 9.17) is 5.11 Å². The van der Waals surface area contributed by atoms with Crippen molar-refractivity contribution in [2.45, 2.75) is 13.0 Å². The van der Waals surface area contributed by atoms with E-state index in [1.807, 2.05) is 0 Å². The van der Waals surface area contributed by atoms with Crippen LogP contribution in [0.1, 0.15) is 17.4 Å². The predicted octanol–water partition coefficient (Wildman–Crippen LogP) is -0.259. The maximum Gasteiger partial charge on any atom is 0.325 e. The number of aromatic nitrogens is 2. The topological polar surface area (TPSA) is 92.2 Å². The second-order valence-electron chi connectivity index (χ2n) is 2.33. The van der Waals surface area contributed by atoms with Crippen LogP contribution in [0.2, 0.25) is 0 Å². The molecule has 1 aromatic heterocycles. The van der Waals surface area contributed by atoms with E-state index < -0.39 is 17.9 Å². The van der Waals surface area contributed by atoms with Crippen molar-refractivity contribution in [3.05, 3.63) is 11.9 Å². The van der Waals surface area contributed by atoms with Gasteiger partial charge in [0.15, 0.2) is 5.69 Å². The van der Waals surface area contributed by atoms with Gasteiger partial charge in [-0.05, 0) is 6.92 Å². The third-order valence-electron chi connectivity index (χ3n) is 1.31. The van der Waals surface area contributed by atoms with Crippen LogP contribution >= 0.6 is 11.7 Å². The highest BCUT2D eigenvalue weighted by Crippen LogP contribution is 1.95. The standard InChI is InChI=1S/C6H7N3O3S/c1-3(6(11)12)8-5(10)4-2-7-13-9-4/h2-3H,1H3,(H,8,10)(H,11,12). The van der Waals surface area contributed by atoms with Gasteiger partial charge in [-0.15, -0.1) is 0 Å². The third kappa shape index (κ3) is 2.48. The van der Waals surface area contributed by atoms with Gasteiger partial charge in [0.1, 0.15) is 6.04 Å². The number of hydrogen-bond acceptors (Lipinski definition) is 5. The molecule has 1 unspecified atom stereocenters. The summed E-state index contributed by atoms with van der Waals surface area (Å²) >= 11 is 0.895. The molecule has 2 N–H and O–H groups in total. The SMILES string of the molecule is CC(NC(=O)c1cnsn1)C(=O)O. The van der Waals surface area contributed by atoms with Gasteiger partial charge in [-0.25, -0.2) is 0 Å². The maximum atomic E-state index is 11.2. The van der Waals surface area contributed by atoms with Gasteiger partial charge in [0, 0.05) is 0 Å². The maximum absolute atomic E-state index is 11.2. The minimum Gasteiger partial charge on any atom is -0.480 e. The molecule has 0 spiro atoms. The number of rotatable bonds is 3. The normalized spacial score (nSPS) is 12.1. The highest BCUT2D eigenvalue weighted by atomic mass is 32.1. The first-order valence-corrected chi connectivity index (χ1v) is 4.15. The van der Waals surface area contributed by atoms with E-state index >= 15 is 0 Å². The summed E-state index contributed by atoms with van der Waals surface area (Å²) in [4.78, 5) is 21.5. The predicted molar refractivity (Wildman–Crippen MR) is 44.5 cm³/mol. The van der Waals surface area contributed by atoms with Crippen molar-refractivity contribution < 1.29 is 14.7 Å². The van der Waals surface area contributed by atoms with Gasteiger partial charge in [-0.2, -0.15) is 8.75 Å². The van der Waals surface area contributed by atoms with Gasteiger partial charge in [0.05, 0.1) is 17.9 Å². The summed E-state index contributed by atoms with van der Waals surface area (Å²) in [5.41, 5.74) is 0.137. The van der Waals surface area contributed by atoms with Crippen LogP contribution in [0.3, 0.4) is 0 Å². The first-order chi connectivity index (χ1) is 6.11. The molecular weight excluding hydrogens is 194 g/mol. The van der Waals surface area contributed by atoms with Crippen LogP contribution < -0.4 is 5.32 Å². The van der Waals surface area contributed by atoms with Crippen molar-refractivity contribution in [2.75, 3.05) is 0 Å². The molecule has 0 aromatic carbocycles. The Morgan fingerprint density at radius 1 is 1.69 bits per heavy atom. The van der Waals surface area contributed by atoms with Gasteiger partial charge in [0.25, 0.3) is 5.91 Å². The van der Waals surface area contributed by atoms with Crippen LogP contribution in [0.15, 0.2) is 6.20 Å². The molecule has 13 heavy (non-hydrogen) atoms. The largest absolute Gasteiger partial charge is 0.480 e. The molecule has 0 aliphatic carbocycles. The number of carboxylic acids is 1. The molecule has 7 heteroatoms. The molecule has 6 nitrogen and oxygen atoms in total. The fraction of sp³-hybridized carbons (Fsp3) is 0.333. The quantitative estimate of drug-likeness (QED) is 0.703. The molecule has 0 aliphatic rings. The second kappa shape index (κ2) is 3.94. The molecule has 0 saturated carbocycles. The minimum atomic E-state index is -1.09. The Kier molecular flexibility index (Phi) is 2.91. The lowest BCUT2D eigenvalue weighted by Crippen LogP contribution is -2.38. The molecule has 1 amide bonds. The van der Waals surface area contributed by atoms with Gasteiger partial charge in [-0.1, -0.05) is 0 Å². The lowest BCUT2D eigenvalue weighted by Gasteiger charge is -2.06. The highest BCUT2D eigenvalue weighted by Gasteiger charge is 2.16. The Labute approximate surface area is 77.9 Å². The van der Waals surface area contributed by atoms with E-state index in [9.17, 15) is 9.59 Å². The van der Waals surface area contributed by atoms with E-state index in [-0.39, 0.29) is 5.69 Å². The average Bonchev–Trinajstić information content (AvgIpc) is 2.55. The number of aliphatic carboxylic acids is 1. The molecule has 1 atom stereocenters. The fourth-order valence-corrected chi connectivity index (χ4v) is 1.01. The number of carbonyl (C=O) groups is 2. The molecule has 1 heterocycles. The molecule has 70 valence electrons. The van der Waals surface area contributed by atoms with E-state index in [1.165, 1.54) is 13.1 Å². The zero-order valence-electron chi connectivity index (χ0n) is 6.72. The zero-order valence-corrected chi connectivity index (χ0v) is 7.54. The van der Waals surface area contributed by atoms with Gasteiger partial charge >= 0.3 is 5.97 Å². The number of nitrogens with zero attached hydrogens (tertiary/aromatic N) is 2. The van der Waals surface area contributed by atoms with Crippen molar-refractivity contribution >= 4 is 23.6 Å². The summed E-state index contributed by atoms with van der Waals surface area (Å²) < 4.78 is 7.27. The number of nitrogens with one attached hydrogen (secondary N) is 1. The number of carbonyl (C=O) groups excluding carboxylic acids is 1. The van der Waals surface area contributed by atoms with E-state index in [2.05, 4.69) is 14.1 Å². The summed E-state index contributed by atoms with van der Waals surface area (Å²) in [6.45, 7) is 1.38.